The van der Waals surface area contributed by atoms with Gasteiger partial charge in [-0.15, -0.1) is 0 Å². The molecule has 3 heterocycles. The number of ketones is 6. The summed E-state index contributed by atoms with van der Waals surface area (Å²) in [5, 5.41) is 0.661. The molecule has 0 aliphatic rings. The number of hydrogen-bond acceptors (Lipinski definition) is 10. The van der Waals surface area contributed by atoms with Gasteiger partial charge in [0.2, 0.25) is 0 Å². The molecule has 0 radical (unpaired) electrons. The Morgan fingerprint density at radius 2 is 0.471 bits per heavy atom. The number of carbonyl (C=O) groups is 6. The van der Waals surface area contributed by atoms with Gasteiger partial charge in [-0.2, -0.15) is 0 Å². The molecule has 12 rings (SSSR count). The first kappa shape index (κ1) is 77.9. The van der Waals surface area contributed by atoms with Gasteiger partial charge in [-0.1, -0.05) is 254 Å². The molecule has 11 heteroatoms. The van der Waals surface area contributed by atoms with Crippen LogP contribution in [0, 0.1) is 20.8 Å². The molecule has 12 aromatic rings. The third-order valence-electron chi connectivity index (χ3n) is 15.7. The number of ether oxygens (including phenoxy) is 1. The van der Waals surface area contributed by atoms with E-state index in [2.05, 4.69) is 15.0 Å². The van der Waals surface area contributed by atoms with Crippen LogP contribution in [0.5, 0.6) is 5.75 Å². The first-order valence-corrected chi connectivity index (χ1v) is 34.5. The molecule has 0 aliphatic carbocycles. The van der Waals surface area contributed by atoms with Crippen LogP contribution in [0.25, 0.3) is 0 Å². The topological polar surface area (TPSA) is 150 Å². The largest absolute Gasteiger partial charge is 0.497 e. The first-order valence-electron chi connectivity index (χ1n) is 34.1. The Hall–Kier alpha value is -11.5. The number of hydrogen-bond donors (Lipinski definition) is 0. The molecule has 10 nitrogen and oxygen atoms in total. The number of carbonyl (C=O) groups excluding carboxylic acids is 6. The van der Waals surface area contributed by atoms with Crippen molar-refractivity contribution in [2.75, 3.05) is 7.11 Å². The molecule has 0 saturated heterocycles. The van der Waals surface area contributed by atoms with E-state index in [1.807, 2.05) is 318 Å². The van der Waals surface area contributed by atoms with Gasteiger partial charge in [0.05, 0.1) is 7.11 Å². The number of nitrogens with zero attached hydrogens (tertiary/aromatic N) is 3. The van der Waals surface area contributed by atoms with Gasteiger partial charge in [0.15, 0.2) is 0 Å². The van der Waals surface area contributed by atoms with Gasteiger partial charge in [-0.3, -0.25) is 43.7 Å². The maximum absolute atomic E-state index is 11.9. The van der Waals surface area contributed by atoms with Crippen LogP contribution in [-0.2, 0) is 106 Å². The fourth-order valence-electron chi connectivity index (χ4n) is 10.8. The Balaban J connectivity index is 0.000000172. The molecule has 0 saturated carbocycles. The zero-order chi connectivity index (χ0) is 72.4. The number of aromatic nitrogens is 3. The molecular formula is C91H88ClN3O7. The van der Waals surface area contributed by atoms with Gasteiger partial charge in [0, 0.05) is 118 Å². The van der Waals surface area contributed by atoms with Crippen LogP contribution in [0.4, 0.5) is 0 Å². The maximum atomic E-state index is 11.9. The zero-order valence-corrected chi connectivity index (χ0v) is 59.3. The SMILES string of the molecule is COc1cccc(CC(=O)Cc2ccccc2)c1.Cc1cc(CC(=O)Cc2ccccc2)ccn1.Cc1cc(CC(=O)Cc2ccccc2)ccn1.Cc1cc(CC(=O)Cc2ccccc2)ccn1.O=C(Cc1ccccc1)Cc1ccccc1.O=C(Cc1ccccc1)Cc1ccccc1Cl. The molecule has 0 atom stereocenters. The van der Waals surface area contributed by atoms with E-state index in [-0.39, 0.29) is 34.7 Å². The molecular weight excluding hydrogens is 1280 g/mol. The second-order valence-electron chi connectivity index (χ2n) is 24.6. The Kier molecular flexibility index (Phi) is 34.0. The molecule has 516 valence electrons. The van der Waals surface area contributed by atoms with E-state index in [4.69, 9.17) is 16.3 Å². The highest BCUT2D eigenvalue weighted by Crippen LogP contribution is 2.18. The lowest BCUT2D eigenvalue weighted by molar-refractivity contribution is -0.118. The lowest BCUT2D eigenvalue weighted by Gasteiger charge is -2.04. The third kappa shape index (κ3) is 32.0. The highest BCUT2D eigenvalue weighted by atomic mass is 35.5. The number of rotatable bonds is 25. The first-order chi connectivity index (χ1) is 49.6. The molecule has 0 aliphatic heterocycles. The van der Waals surface area contributed by atoms with Gasteiger partial charge in [-0.25, -0.2) is 0 Å². The summed E-state index contributed by atoms with van der Waals surface area (Å²) in [7, 11) is 1.63. The minimum absolute atomic E-state index is 0.185. The van der Waals surface area contributed by atoms with Crippen LogP contribution in [0.3, 0.4) is 0 Å². The summed E-state index contributed by atoms with van der Waals surface area (Å²) < 4.78 is 5.14. The smallest absolute Gasteiger partial charge is 0.141 e. The molecule has 0 N–H and O–H groups in total. The molecule has 0 spiro atoms. The van der Waals surface area contributed by atoms with E-state index in [0.717, 1.165) is 89.6 Å². The van der Waals surface area contributed by atoms with E-state index in [0.29, 0.717) is 82.1 Å². The van der Waals surface area contributed by atoms with Crippen molar-refractivity contribution in [2.45, 2.75) is 97.8 Å². The fourth-order valence-corrected chi connectivity index (χ4v) is 11.0. The van der Waals surface area contributed by atoms with Gasteiger partial charge < -0.3 is 4.74 Å². The van der Waals surface area contributed by atoms with Crippen molar-refractivity contribution in [3.63, 3.8) is 0 Å². The van der Waals surface area contributed by atoms with Crippen molar-refractivity contribution in [1.29, 1.82) is 0 Å². The molecule has 0 amide bonds. The fraction of sp³-hybridized carbons (Fsp3) is 0.176. The van der Waals surface area contributed by atoms with Crippen molar-refractivity contribution < 1.29 is 33.5 Å². The second kappa shape index (κ2) is 44.5. The normalized spacial score (nSPS) is 10.1. The zero-order valence-electron chi connectivity index (χ0n) is 58.6. The standard InChI is InChI=1S/C16H16O2.C15H13ClO.3C15H15NO.C15H14O/c1-18-16-9-5-8-14(12-16)11-15(17)10-13-6-3-2-4-7-13;16-15-9-5-4-8-13(15)11-14(17)10-12-6-2-1-3-7-12;3*1-12-9-14(7-8-16-12)11-15(17)10-13-5-3-2-4-6-13;16-15(11-13-7-3-1-4-8-13)12-14-9-5-2-6-10-14/h2-9,12H,10-11H2,1H3;1-9H,10-11H2;3*2-9H,10-11H2,1H3;1-10H,11-12H2. The van der Waals surface area contributed by atoms with Crippen LogP contribution in [-0.4, -0.2) is 56.8 Å². The van der Waals surface area contributed by atoms with Crippen LogP contribution in [0.1, 0.15) is 83.8 Å². The molecule has 102 heavy (non-hydrogen) atoms. The van der Waals surface area contributed by atoms with Crippen molar-refractivity contribution in [2.24, 2.45) is 0 Å². The van der Waals surface area contributed by atoms with Crippen LogP contribution in [0.2, 0.25) is 5.02 Å². The van der Waals surface area contributed by atoms with E-state index >= 15 is 0 Å². The summed E-state index contributed by atoms with van der Waals surface area (Å²) in [6.45, 7) is 5.81. The Morgan fingerprint density at radius 3 is 0.716 bits per heavy atom. The average molecular weight is 1370 g/mol. The Labute approximate surface area is 606 Å². The predicted molar refractivity (Wildman–Crippen MR) is 411 cm³/mol. The number of benzene rings is 9. The molecule has 3 aromatic heterocycles. The van der Waals surface area contributed by atoms with Crippen molar-refractivity contribution in [3.8, 4) is 5.75 Å². The highest BCUT2D eigenvalue weighted by Gasteiger charge is 2.11. The Bertz CT molecular complexity index is 4210. The quantitative estimate of drug-likeness (QED) is 0.0541. The minimum Gasteiger partial charge on any atom is -0.497 e. The van der Waals surface area contributed by atoms with Gasteiger partial charge in [0.1, 0.15) is 40.4 Å². The molecule has 9 aromatic carbocycles. The maximum Gasteiger partial charge on any atom is 0.141 e. The van der Waals surface area contributed by atoms with E-state index in [1.54, 1.807) is 25.7 Å². The lowest BCUT2D eigenvalue weighted by atomic mass is 10.0. The van der Waals surface area contributed by atoms with Crippen molar-refractivity contribution >= 4 is 46.3 Å². The summed E-state index contributed by atoms with van der Waals surface area (Å²) in [4.78, 5) is 83.6. The number of pyridine rings is 3. The highest BCUT2D eigenvalue weighted by molar-refractivity contribution is 6.31. The van der Waals surface area contributed by atoms with Gasteiger partial charge >= 0.3 is 0 Å². The second-order valence-corrected chi connectivity index (χ2v) is 25.0. The summed E-state index contributed by atoms with van der Waals surface area (Å²) in [5.74, 6) is 2.17. The minimum atomic E-state index is 0.185. The van der Waals surface area contributed by atoms with Crippen LogP contribution < -0.4 is 4.74 Å². The molecule has 0 bridgehead atoms. The Morgan fingerprint density at radius 1 is 0.255 bits per heavy atom. The van der Waals surface area contributed by atoms with Crippen LogP contribution >= 0.6 is 11.6 Å². The summed E-state index contributed by atoms with van der Waals surface area (Å²) in [6.07, 6.45) is 11.1. The number of halogens is 1. The van der Waals surface area contributed by atoms with Crippen LogP contribution in [0.15, 0.2) is 316 Å². The van der Waals surface area contributed by atoms with E-state index < -0.39 is 0 Å². The van der Waals surface area contributed by atoms with Gasteiger partial charge in [-0.05, 0) is 142 Å². The van der Waals surface area contributed by atoms with E-state index in [1.165, 1.54) is 0 Å². The summed E-state index contributed by atoms with van der Waals surface area (Å²) in [5.41, 5.74) is 15.4. The van der Waals surface area contributed by atoms with Crippen molar-refractivity contribution in [1.82, 2.24) is 15.0 Å². The van der Waals surface area contributed by atoms with E-state index in [9.17, 15) is 28.8 Å². The summed E-state index contributed by atoms with van der Waals surface area (Å²) >= 11 is 6.02. The third-order valence-corrected chi connectivity index (χ3v) is 16.0. The monoisotopic (exact) mass is 1370 g/mol. The molecule has 0 unspecified atom stereocenters. The number of methoxy groups -OCH3 is 1. The number of Topliss-reactive ketones (excluding diaryl/α,β-unsaturated/α-hetero) is 6. The predicted octanol–water partition coefficient (Wildman–Crippen LogP) is 18.0. The van der Waals surface area contributed by atoms with Gasteiger partial charge in [0.25, 0.3) is 0 Å². The number of aryl methyl sites for hydroxylation is 3. The molecule has 0 fully saturated rings. The lowest BCUT2D eigenvalue weighted by Crippen LogP contribution is -2.06. The summed E-state index contributed by atoms with van der Waals surface area (Å²) in [6, 6.07) is 95.5. The van der Waals surface area contributed by atoms with Crippen molar-refractivity contribution in [3.05, 3.63) is 405 Å². The average Bonchev–Trinajstić information content (AvgIpc) is 1.12.